The summed E-state index contributed by atoms with van der Waals surface area (Å²) in [5.74, 6) is 0.229. The van der Waals surface area contributed by atoms with Crippen LogP contribution in [0.2, 0.25) is 0 Å². The highest BCUT2D eigenvalue weighted by Gasteiger charge is 2.30. The third kappa shape index (κ3) is 6.94. The average molecular weight is 445 g/mol. The molecule has 0 aliphatic heterocycles. The number of amides is 2. The molecule has 3 aromatic carbocycles. The van der Waals surface area contributed by atoms with E-state index in [0.29, 0.717) is 25.3 Å². The maximum absolute atomic E-state index is 13.5. The number of nitrogens with zero attached hydrogens (tertiary/aromatic N) is 1. The Kier molecular flexibility index (Phi) is 8.64. The van der Waals surface area contributed by atoms with Crippen LogP contribution in [0.5, 0.6) is 5.75 Å². The Morgan fingerprint density at radius 1 is 0.909 bits per heavy atom. The van der Waals surface area contributed by atoms with E-state index < -0.39 is 6.04 Å². The molecule has 0 saturated heterocycles. The third-order valence-corrected chi connectivity index (χ3v) is 5.61. The van der Waals surface area contributed by atoms with Crippen LogP contribution in [0.3, 0.4) is 0 Å². The molecule has 3 rings (SSSR count). The van der Waals surface area contributed by atoms with Crippen molar-refractivity contribution in [1.29, 1.82) is 0 Å². The number of likely N-dealkylation sites (N-methyl/N-ethyl adjacent to an activating group) is 1. The Morgan fingerprint density at radius 3 is 2.24 bits per heavy atom. The molecule has 3 aromatic rings. The number of carbonyl (C=O) groups excluding carboxylic acids is 2. The smallest absolute Gasteiger partial charge is 0.261 e. The van der Waals surface area contributed by atoms with Crippen LogP contribution in [0.15, 0.2) is 78.9 Å². The molecule has 0 radical (unpaired) electrons. The van der Waals surface area contributed by atoms with Gasteiger partial charge in [0.15, 0.2) is 6.61 Å². The molecule has 5 nitrogen and oxygen atoms in total. The summed E-state index contributed by atoms with van der Waals surface area (Å²) in [7, 11) is 0. The lowest BCUT2D eigenvalue weighted by Gasteiger charge is -2.31. The minimum Gasteiger partial charge on any atom is -0.484 e. The van der Waals surface area contributed by atoms with Crippen LogP contribution in [0, 0.1) is 13.8 Å². The maximum Gasteiger partial charge on any atom is 0.261 e. The van der Waals surface area contributed by atoms with Crippen molar-refractivity contribution in [2.75, 3.05) is 13.2 Å². The fraction of sp³-hybridized carbons (Fsp3) is 0.286. The standard InChI is InChI=1S/C28H32N2O3/c1-4-29-28(32)26(18-23-11-6-5-7-12-23)30(19-24-13-9-8-10-22(24)3)27(31)20-33-25-16-14-21(2)15-17-25/h5-17,26H,4,18-20H2,1-3H3,(H,29,32)/t26-/m1/s1. The first kappa shape index (κ1) is 24.1. The van der Waals surface area contributed by atoms with Gasteiger partial charge in [-0.2, -0.15) is 0 Å². The zero-order valence-corrected chi connectivity index (χ0v) is 19.6. The zero-order chi connectivity index (χ0) is 23.6. The molecule has 0 aromatic heterocycles. The molecule has 0 saturated carbocycles. The summed E-state index contributed by atoms with van der Waals surface area (Å²) in [4.78, 5) is 28.2. The molecule has 33 heavy (non-hydrogen) atoms. The lowest BCUT2D eigenvalue weighted by molar-refractivity contribution is -0.142. The van der Waals surface area contributed by atoms with Crippen molar-refractivity contribution in [1.82, 2.24) is 10.2 Å². The molecule has 0 spiro atoms. The number of rotatable bonds is 10. The normalized spacial score (nSPS) is 11.5. The summed E-state index contributed by atoms with van der Waals surface area (Å²) >= 11 is 0. The first-order chi connectivity index (χ1) is 16.0. The van der Waals surface area contributed by atoms with Gasteiger partial charge in [-0.15, -0.1) is 0 Å². The minimum atomic E-state index is -0.652. The highest BCUT2D eigenvalue weighted by molar-refractivity contribution is 5.88. The minimum absolute atomic E-state index is 0.139. The molecule has 0 heterocycles. The number of ether oxygens (including phenoxy) is 1. The Morgan fingerprint density at radius 2 is 1.58 bits per heavy atom. The van der Waals surface area contributed by atoms with Gasteiger partial charge in [0.25, 0.3) is 5.91 Å². The number of hydrogen-bond donors (Lipinski definition) is 1. The molecule has 2 amide bonds. The Balaban J connectivity index is 1.89. The first-order valence-electron chi connectivity index (χ1n) is 11.3. The molecule has 0 aliphatic rings. The second kappa shape index (κ2) is 11.9. The first-order valence-corrected chi connectivity index (χ1v) is 11.3. The van der Waals surface area contributed by atoms with Crippen LogP contribution in [-0.2, 0) is 22.6 Å². The summed E-state index contributed by atoms with van der Waals surface area (Å²) in [6.45, 7) is 6.58. The van der Waals surface area contributed by atoms with E-state index in [0.717, 1.165) is 22.3 Å². The lowest BCUT2D eigenvalue weighted by Crippen LogP contribution is -2.51. The van der Waals surface area contributed by atoms with Gasteiger partial charge in [-0.1, -0.05) is 72.3 Å². The topological polar surface area (TPSA) is 58.6 Å². The van der Waals surface area contributed by atoms with E-state index in [1.165, 1.54) is 0 Å². The quantitative estimate of drug-likeness (QED) is 0.502. The molecule has 1 atom stereocenters. The number of hydrogen-bond acceptors (Lipinski definition) is 3. The molecule has 0 aliphatic carbocycles. The summed E-state index contributed by atoms with van der Waals surface area (Å²) < 4.78 is 5.79. The van der Waals surface area contributed by atoms with Gasteiger partial charge < -0.3 is 15.0 Å². The predicted octanol–water partition coefficient (Wildman–Crippen LogP) is 4.46. The molecule has 0 bridgehead atoms. The second-order valence-corrected chi connectivity index (χ2v) is 8.15. The van der Waals surface area contributed by atoms with Crippen LogP contribution in [0.4, 0.5) is 0 Å². The molecule has 0 unspecified atom stereocenters. The molecular weight excluding hydrogens is 412 g/mol. The van der Waals surface area contributed by atoms with E-state index >= 15 is 0 Å². The fourth-order valence-electron chi connectivity index (χ4n) is 3.68. The Hall–Kier alpha value is -3.60. The number of nitrogens with one attached hydrogen (secondary N) is 1. The van der Waals surface area contributed by atoms with Gasteiger partial charge in [-0.3, -0.25) is 9.59 Å². The highest BCUT2D eigenvalue weighted by Crippen LogP contribution is 2.18. The average Bonchev–Trinajstić information content (AvgIpc) is 2.82. The van der Waals surface area contributed by atoms with Crippen LogP contribution >= 0.6 is 0 Å². The monoisotopic (exact) mass is 444 g/mol. The van der Waals surface area contributed by atoms with Crippen molar-refractivity contribution in [2.24, 2.45) is 0 Å². The van der Waals surface area contributed by atoms with Crippen LogP contribution < -0.4 is 10.1 Å². The van der Waals surface area contributed by atoms with Crippen molar-refractivity contribution in [3.05, 3.63) is 101 Å². The van der Waals surface area contributed by atoms with E-state index in [1.54, 1.807) is 4.90 Å². The SMILES string of the molecule is CCNC(=O)[C@@H](Cc1ccccc1)N(Cc1ccccc1C)C(=O)COc1ccc(C)cc1. The van der Waals surface area contributed by atoms with Crippen LogP contribution in [-0.4, -0.2) is 35.9 Å². The molecule has 5 heteroatoms. The maximum atomic E-state index is 13.5. The van der Waals surface area contributed by atoms with E-state index in [-0.39, 0.29) is 18.4 Å². The molecule has 172 valence electrons. The van der Waals surface area contributed by atoms with Gasteiger partial charge in [0, 0.05) is 19.5 Å². The molecule has 1 N–H and O–H groups in total. The van der Waals surface area contributed by atoms with Gasteiger partial charge in [-0.25, -0.2) is 0 Å². The molecular formula is C28H32N2O3. The number of carbonyl (C=O) groups is 2. The summed E-state index contributed by atoms with van der Waals surface area (Å²) in [6.07, 6.45) is 0.425. The summed E-state index contributed by atoms with van der Waals surface area (Å²) in [5, 5.41) is 2.91. The van der Waals surface area contributed by atoms with Crippen molar-refractivity contribution in [3.8, 4) is 5.75 Å². The summed E-state index contributed by atoms with van der Waals surface area (Å²) in [5.41, 5.74) is 4.19. The van der Waals surface area contributed by atoms with Gasteiger partial charge in [-0.05, 0) is 49.6 Å². The van der Waals surface area contributed by atoms with Gasteiger partial charge >= 0.3 is 0 Å². The van der Waals surface area contributed by atoms with E-state index in [9.17, 15) is 9.59 Å². The number of aryl methyl sites for hydroxylation is 2. The van der Waals surface area contributed by atoms with Crippen LogP contribution in [0.25, 0.3) is 0 Å². The van der Waals surface area contributed by atoms with Crippen molar-refractivity contribution < 1.29 is 14.3 Å². The van der Waals surface area contributed by atoms with E-state index in [4.69, 9.17) is 4.74 Å². The van der Waals surface area contributed by atoms with Crippen LogP contribution in [0.1, 0.15) is 29.2 Å². The van der Waals surface area contributed by atoms with Gasteiger partial charge in [0.2, 0.25) is 5.91 Å². The zero-order valence-electron chi connectivity index (χ0n) is 19.6. The van der Waals surface area contributed by atoms with Gasteiger partial charge in [0.1, 0.15) is 11.8 Å². The van der Waals surface area contributed by atoms with Crippen molar-refractivity contribution in [2.45, 2.75) is 39.8 Å². The van der Waals surface area contributed by atoms with Crippen molar-refractivity contribution >= 4 is 11.8 Å². The second-order valence-electron chi connectivity index (χ2n) is 8.15. The van der Waals surface area contributed by atoms with Crippen molar-refractivity contribution in [3.63, 3.8) is 0 Å². The predicted molar refractivity (Wildman–Crippen MR) is 131 cm³/mol. The largest absolute Gasteiger partial charge is 0.484 e. The number of benzene rings is 3. The molecule has 0 fully saturated rings. The Bertz CT molecular complexity index is 1050. The van der Waals surface area contributed by atoms with E-state index in [2.05, 4.69) is 5.32 Å². The van der Waals surface area contributed by atoms with Gasteiger partial charge in [0.05, 0.1) is 0 Å². The fourth-order valence-corrected chi connectivity index (χ4v) is 3.68. The summed E-state index contributed by atoms with van der Waals surface area (Å²) in [6, 6.07) is 24.6. The third-order valence-electron chi connectivity index (χ3n) is 5.61. The lowest BCUT2D eigenvalue weighted by atomic mass is 10.0. The van der Waals surface area contributed by atoms with E-state index in [1.807, 2.05) is 99.6 Å². The highest BCUT2D eigenvalue weighted by atomic mass is 16.5. The Labute approximate surface area is 196 Å².